The summed E-state index contributed by atoms with van der Waals surface area (Å²) in [6.45, 7) is 1.35. The van der Waals surface area contributed by atoms with Crippen LogP contribution in [0.4, 0.5) is 0 Å². The van der Waals surface area contributed by atoms with Crippen molar-refractivity contribution in [1.82, 2.24) is 24.3 Å². The van der Waals surface area contributed by atoms with Crippen molar-refractivity contribution < 1.29 is 19.4 Å². The molecule has 0 bridgehead atoms. The Balaban J connectivity index is 1.45. The molecule has 2 aliphatic heterocycles. The smallest absolute Gasteiger partial charge is 0.256 e. The first-order valence-corrected chi connectivity index (χ1v) is 13.2. The summed E-state index contributed by atoms with van der Waals surface area (Å²) in [6, 6.07) is 12.6. The first-order chi connectivity index (χ1) is 19.0. The Morgan fingerprint density at radius 3 is 2.28 bits per heavy atom. The summed E-state index contributed by atoms with van der Waals surface area (Å²) in [5, 5.41) is 11.8. The lowest BCUT2D eigenvalue weighted by Gasteiger charge is -2.50. The number of aryl methyl sites for hydroxylation is 1. The minimum absolute atomic E-state index is 0.0341. The second-order valence-corrected chi connectivity index (χ2v) is 10.4. The predicted molar refractivity (Wildman–Crippen MR) is 146 cm³/mol. The lowest BCUT2D eigenvalue weighted by atomic mass is 9.68. The molecule has 3 aromatic heterocycles. The minimum atomic E-state index is -0.517. The van der Waals surface area contributed by atoms with Crippen LogP contribution in [0.3, 0.4) is 0 Å². The number of methoxy groups -OCH3 is 1. The second-order valence-electron chi connectivity index (χ2n) is 10.4. The minimum Gasteiger partial charge on any atom is -0.497 e. The highest BCUT2D eigenvalue weighted by atomic mass is 16.5. The number of aromatic nitrogens is 3. The molecular formula is C30H31N5O4. The summed E-state index contributed by atoms with van der Waals surface area (Å²) >= 11 is 0. The third-order valence-electron chi connectivity index (χ3n) is 8.41. The zero-order chi connectivity index (χ0) is 27.1. The van der Waals surface area contributed by atoms with Crippen molar-refractivity contribution in [3.05, 3.63) is 89.6 Å². The molecule has 1 atom stereocenters. The van der Waals surface area contributed by atoms with Crippen molar-refractivity contribution in [3.63, 3.8) is 0 Å². The maximum absolute atomic E-state index is 13.9. The summed E-state index contributed by atoms with van der Waals surface area (Å²) in [5.74, 6) is 0.548. The molecule has 6 rings (SSSR count). The molecular weight excluding hydrogens is 494 g/mol. The first-order valence-electron chi connectivity index (χ1n) is 13.2. The van der Waals surface area contributed by atoms with Crippen molar-refractivity contribution in [2.24, 2.45) is 7.05 Å². The SMILES string of the molecule is COc1ccc2c3c(n(C)c2c1)[C@@H](CO)N(C(=O)c1cccnc1)CC31CCN(C(=O)c2cccnc2)CC1. The molecule has 0 unspecified atom stereocenters. The molecule has 9 nitrogen and oxygen atoms in total. The monoisotopic (exact) mass is 525 g/mol. The van der Waals surface area contributed by atoms with Crippen LogP contribution >= 0.6 is 0 Å². The number of amides is 2. The standard InChI is InChI=1S/C30H31N5O4/c1-33-24-15-22(39-2)7-8-23(24)26-27(33)25(18-36)35(29(38)21-6-4-12-32-17-21)19-30(26)9-13-34(14-10-30)28(37)20-5-3-11-31-16-20/h3-8,11-12,15-17,25,36H,9-10,13-14,18-19H2,1-2H3/t25-/m1/s1. The van der Waals surface area contributed by atoms with E-state index in [1.807, 2.05) is 24.1 Å². The Morgan fingerprint density at radius 1 is 1.03 bits per heavy atom. The molecule has 5 heterocycles. The number of likely N-dealkylation sites (tertiary alicyclic amines) is 1. The lowest BCUT2D eigenvalue weighted by Crippen LogP contribution is -2.56. The molecule has 4 aromatic rings. The third-order valence-corrected chi connectivity index (χ3v) is 8.41. The topological polar surface area (TPSA) is 101 Å². The van der Waals surface area contributed by atoms with Gasteiger partial charge in [-0.1, -0.05) is 0 Å². The number of aliphatic hydroxyl groups excluding tert-OH is 1. The Morgan fingerprint density at radius 2 is 1.69 bits per heavy atom. The number of pyridine rings is 2. The summed E-state index contributed by atoms with van der Waals surface area (Å²) in [4.78, 5) is 39.0. The van der Waals surface area contributed by atoms with Gasteiger partial charge in [0, 0.05) is 74.0 Å². The predicted octanol–water partition coefficient (Wildman–Crippen LogP) is 3.34. The van der Waals surface area contributed by atoms with Crippen molar-refractivity contribution in [3.8, 4) is 5.75 Å². The van der Waals surface area contributed by atoms with E-state index >= 15 is 0 Å². The normalized spacial score (nSPS) is 18.3. The number of fused-ring (bicyclic) bond motifs is 4. The highest BCUT2D eigenvalue weighted by Gasteiger charge is 2.50. The average Bonchev–Trinajstić information content (AvgIpc) is 3.30. The van der Waals surface area contributed by atoms with Crippen molar-refractivity contribution >= 4 is 22.7 Å². The van der Waals surface area contributed by atoms with E-state index in [2.05, 4.69) is 20.6 Å². The number of carbonyl (C=O) groups is 2. The van der Waals surface area contributed by atoms with Crippen LogP contribution in [0.15, 0.2) is 67.3 Å². The zero-order valence-electron chi connectivity index (χ0n) is 22.1. The van der Waals surface area contributed by atoms with Gasteiger partial charge in [-0.2, -0.15) is 0 Å². The van der Waals surface area contributed by atoms with Gasteiger partial charge in [-0.25, -0.2) is 0 Å². The molecule has 1 spiro atoms. The van der Waals surface area contributed by atoms with Crippen LogP contribution in [-0.4, -0.2) is 74.6 Å². The lowest BCUT2D eigenvalue weighted by molar-refractivity contribution is 0.0317. The largest absolute Gasteiger partial charge is 0.497 e. The summed E-state index contributed by atoms with van der Waals surface area (Å²) < 4.78 is 7.60. The maximum atomic E-state index is 13.9. The van der Waals surface area contributed by atoms with Gasteiger partial charge in [0.05, 0.1) is 36.4 Å². The van der Waals surface area contributed by atoms with Crippen molar-refractivity contribution in [2.75, 3.05) is 33.4 Å². The molecule has 1 aromatic carbocycles. The van der Waals surface area contributed by atoms with Crippen molar-refractivity contribution in [2.45, 2.75) is 24.3 Å². The molecule has 1 fully saturated rings. The number of hydrogen-bond donors (Lipinski definition) is 1. The van der Waals surface area contributed by atoms with Crippen LogP contribution in [0.1, 0.15) is 50.9 Å². The van der Waals surface area contributed by atoms with Crippen LogP contribution in [0.25, 0.3) is 10.9 Å². The molecule has 39 heavy (non-hydrogen) atoms. The van der Waals surface area contributed by atoms with Gasteiger partial charge in [0.2, 0.25) is 0 Å². The molecule has 2 aliphatic rings. The molecule has 200 valence electrons. The first kappa shape index (κ1) is 25.1. The molecule has 1 N–H and O–H groups in total. The number of hydrogen-bond acceptors (Lipinski definition) is 6. The number of piperidine rings is 1. The van der Waals surface area contributed by atoms with Crippen LogP contribution in [-0.2, 0) is 12.5 Å². The van der Waals surface area contributed by atoms with Gasteiger partial charge in [-0.3, -0.25) is 19.6 Å². The highest BCUT2D eigenvalue weighted by Crippen LogP contribution is 2.50. The summed E-state index contributed by atoms with van der Waals surface area (Å²) in [7, 11) is 3.63. The number of nitrogens with zero attached hydrogens (tertiary/aromatic N) is 5. The number of rotatable bonds is 4. The third kappa shape index (κ3) is 4.04. The number of ether oxygens (including phenoxy) is 1. The number of benzene rings is 1. The Labute approximate surface area is 226 Å². The molecule has 9 heteroatoms. The maximum Gasteiger partial charge on any atom is 0.256 e. The van der Waals surface area contributed by atoms with Gasteiger partial charge in [0.25, 0.3) is 11.8 Å². The van der Waals surface area contributed by atoms with Gasteiger partial charge < -0.3 is 24.2 Å². The van der Waals surface area contributed by atoms with Gasteiger partial charge in [0.15, 0.2) is 0 Å². The van der Waals surface area contributed by atoms with Crippen LogP contribution in [0, 0.1) is 0 Å². The average molecular weight is 526 g/mol. The summed E-state index contributed by atoms with van der Waals surface area (Å²) in [5.41, 5.74) is 3.74. The Hall–Kier alpha value is -4.24. The van der Waals surface area contributed by atoms with E-state index in [4.69, 9.17) is 4.74 Å². The van der Waals surface area contributed by atoms with E-state index < -0.39 is 11.5 Å². The van der Waals surface area contributed by atoms with Crippen LogP contribution in [0.2, 0.25) is 0 Å². The van der Waals surface area contributed by atoms with Gasteiger partial charge in [-0.15, -0.1) is 0 Å². The quantitative estimate of drug-likeness (QED) is 0.439. The summed E-state index contributed by atoms with van der Waals surface area (Å²) in [6.07, 6.45) is 7.84. The number of carbonyl (C=O) groups excluding carboxylic acids is 2. The van der Waals surface area contributed by atoms with Crippen LogP contribution < -0.4 is 4.74 Å². The van der Waals surface area contributed by atoms with Crippen molar-refractivity contribution in [1.29, 1.82) is 0 Å². The Kier molecular flexibility index (Phi) is 6.31. The Bertz CT molecular complexity index is 1530. The molecule has 2 amide bonds. The van der Waals surface area contributed by atoms with Gasteiger partial charge in [-0.05, 0) is 54.8 Å². The van der Waals surface area contributed by atoms with E-state index in [1.165, 1.54) is 0 Å². The van der Waals surface area contributed by atoms with E-state index in [-0.39, 0.29) is 18.4 Å². The highest BCUT2D eigenvalue weighted by molar-refractivity contribution is 5.96. The molecule has 0 aliphatic carbocycles. The fourth-order valence-corrected chi connectivity index (χ4v) is 6.44. The fourth-order valence-electron chi connectivity index (χ4n) is 6.44. The van der Waals surface area contributed by atoms with Gasteiger partial charge in [0.1, 0.15) is 5.75 Å². The number of aliphatic hydroxyl groups is 1. The fraction of sp³-hybridized carbons (Fsp3) is 0.333. The molecule has 0 saturated carbocycles. The van der Waals surface area contributed by atoms with E-state index in [9.17, 15) is 14.7 Å². The van der Waals surface area contributed by atoms with E-state index in [0.29, 0.717) is 43.6 Å². The zero-order valence-corrected chi connectivity index (χ0v) is 22.1. The van der Waals surface area contributed by atoms with Gasteiger partial charge >= 0.3 is 0 Å². The molecule has 0 radical (unpaired) electrons. The second kappa shape index (κ2) is 9.81. The van der Waals surface area contributed by atoms with E-state index in [1.54, 1.807) is 61.1 Å². The van der Waals surface area contributed by atoms with E-state index in [0.717, 1.165) is 27.9 Å². The van der Waals surface area contributed by atoms with Crippen LogP contribution in [0.5, 0.6) is 5.75 Å². The molecule has 1 saturated heterocycles.